The maximum absolute atomic E-state index is 12.2. The summed E-state index contributed by atoms with van der Waals surface area (Å²) in [5.74, 6) is -0.0875. The van der Waals surface area contributed by atoms with E-state index in [4.69, 9.17) is 13.9 Å². The smallest absolute Gasteiger partial charge is 0.234 e. The van der Waals surface area contributed by atoms with Gasteiger partial charge in [0, 0.05) is 24.5 Å². The quantitative estimate of drug-likeness (QED) is 0.563. The number of rotatable bonds is 5. The molecule has 2 amide bonds. The van der Waals surface area contributed by atoms with Crippen molar-refractivity contribution < 1.29 is 23.5 Å². The molecule has 1 fully saturated rings. The van der Waals surface area contributed by atoms with E-state index in [0.29, 0.717) is 26.1 Å². The van der Waals surface area contributed by atoms with E-state index in [1.807, 2.05) is 30.3 Å². The lowest BCUT2D eigenvalue weighted by Gasteiger charge is -2.19. The Kier molecular flexibility index (Phi) is 4.34. The van der Waals surface area contributed by atoms with Gasteiger partial charge < -0.3 is 13.9 Å². The number of benzene rings is 2. The molecule has 3 aromatic rings. The fraction of sp³-hybridized carbons (Fsp3) is 0.300. The average molecular weight is 353 g/mol. The van der Waals surface area contributed by atoms with E-state index in [-0.39, 0.29) is 17.7 Å². The molecule has 0 bridgehead atoms. The Morgan fingerprint density at radius 1 is 1.15 bits per heavy atom. The van der Waals surface area contributed by atoms with Gasteiger partial charge in [-0.05, 0) is 41.5 Å². The first-order valence-corrected chi connectivity index (χ1v) is 8.56. The van der Waals surface area contributed by atoms with Gasteiger partial charge in [0.2, 0.25) is 11.8 Å². The summed E-state index contributed by atoms with van der Waals surface area (Å²) in [7, 11) is 1.63. The van der Waals surface area contributed by atoms with Gasteiger partial charge >= 0.3 is 0 Å². The zero-order valence-electron chi connectivity index (χ0n) is 14.4. The van der Waals surface area contributed by atoms with Crippen molar-refractivity contribution in [1.29, 1.82) is 0 Å². The summed E-state index contributed by atoms with van der Waals surface area (Å²) < 4.78 is 16.4. The van der Waals surface area contributed by atoms with Crippen molar-refractivity contribution in [2.24, 2.45) is 0 Å². The molecule has 6 heteroatoms. The normalized spacial score (nSPS) is 17.7. The van der Waals surface area contributed by atoms with Crippen LogP contribution in [0.3, 0.4) is 0 Å². The van der Waals surface area contributed by atoms with Gasteiger partial charge in [0.25, 0.3) is 0 Å². The highest BCUT2D eigenvalue weighted by Gasteiger charge is 2.30. The van der Waals surface area contributed by atoms with Crippen molar-refractivity contribution in [2.45, 2.75) is 18.8 Å². The molecule has 1 N–H and O–H groups in total. The van der Waals surface area contributed by atoms with E-state index in [9.17, 15) is 9.59 Å². The van der Waals surface area contributed by atoms with Gasteiger partial charge in [-0.3, -0.25) is 14.9 Å². The minimum Gasteiger partial charge on any atom is -0.491 e. The molecule has 0 saturated carbocycles. The minimum atomic E-state index is -0.368. The van der Waals surface area contributed by atoms with Gasteiger partial charge in [-0.15, -0.1) is 0 Å². The molecule has 1 aliphatic heterocycles. The van der Waals surface area contributed by atoms with Crippen molar-refractivity contribution in [3.05, 3.63) is 42.2 Å². The number of imide groups is 1. The summed E-state index contributed by atoms with van der Waals surface area (Å²) in [6, 6.07) is 9.82. The topological polar surface area (TPSA) is 77.8 Å². The number of fused-ring (bicyclic) bond motifs is 2. The molecule has 134 valence electrons. The standard InChI is InChI=1S/C20H19NO5/c1-24-6-7-25-14-3-2-12-10-18-16(9-13(12)8-14)17(11-26-18)15-4-5-19(22)21-20(15)23/h2-3,8-11,15H,4-7H2,1H3,(H,21,22,23). The molecule has 26 heavy (non-hydrogen) atoms. The molecular weight excluding hydrogens is 334 g/mol. The molecule has 1 aromatic heterocycles. The second kappa shape index (κ2) is 6.80. The molecule has 2 aromatic carbocycles. The molecule has 0 spiro atoms. The first-order valence-electron chi connectivity index (χ1n) is 8.56. The Hall–Kier alpha value is -2.86. The second-order valence-electron chi connectivity index (χ2n) is 6.39. The number of ether oxygens (including phenoxy) is 2. The number of carbonyl (C=O) groups is 2. The van der Waals surface area contributed by atoms with Gasteiger partial charge in [0.15, 0.2) is 0 Å². The molecule has 1 aliphatic rings. The Bertz CT molecular complexity index is 990. The third-order valence-corrected chi connectivity index (χ3v) is 4.70. The van der Waals surface area contributed by atoms with Crippen LogP contribution < -0.4 is 10.1 Å². The minimum absolute atomic E-state index is 0.220. The van der Waals surface area contributed by atoms with Crippen molar-refractivity contribution in [1.82, 2.24) is 5.32 Å². The molecule has 1 unspecified atom stereocenters. The van der Waals surface area contributed by atoms with Crippen LogP contribution in [0.4, 0.5) is 0 Å². The SMILES string of the molecule is COCCOc1ccc2cc3occ(C4CCC(=O)NC4=O)c3cc2c1. The van der Waals surface area contributed by atoms with Gasteiger partial charge in [0.05, 0.1) is 18.8 Å². The Labute approximate surface area is 150 Å². The lowest BCUT2D eigenvalue weighted by atomic mass is 9.90. The second-order valence-corrected chi connectivity index (χ2v) is 6.39. The van der Waals surface area contributed by atoms with Gasteiger partial charge in [-0.1, -0.05) is 6.07 Å². The monoisotopic (exact) mass is 353 g/mol. The molecular formula is C20H19NO5. The molecule has 1 atom stereocenters. The van der Waals surface area contributed by atoms with E-state index in [1.54, 1.807) is 13.4 Å². The van der Waals surface area contributed by atoms with E-state index >= 15 is 0 Å². The zero-order valence-corrected chi connectivity index (χ0v) is 14.4. The van der Waals surface area contributed by atoms with Crippen LogP contribution in [0.2, 0.25) is 0 Å². The number of hydrogen-bond donors (Lipinski definition) is 1. The Morgan fingerprint density at radius 3 is 2.85 bits per heavy atom. The van der Waals surface area contributed by atoms with Gasteiger partial charge in [0.1, 0.15) is 17.9 Å². The van der Waals surface area contributed by atoms with Gasteiger partial charge in [-0.2, -0.15) is 0 Å². The van der Waals surface area contributed by atoms with Crippen molar-refractivity contribution in [3.8, 4) is 5.75 Å². The fourth-order valence-corrected chi connectivity index (χ4v) is 3.36. The summed E-state index contributed by atoms with van der Waals surface area (Å²) >= 11 is 0. The van der Waals surface area contributed by atoms with Crippen molar-refractivity contribution in [3.63, 3.8) is 0 Å². The van der Waals surface area contributed by atoms with Crippen LogP contribution in [0.25, 0.3) is 21.7 Å². The number of piperidine rings is 1. The lowest BCUT2D eigenvalue weighted by molar-refractivity contribution is -0.134. The van der Waals surface area contributed by atoms with Gasteiger partial charge in [-0.25, -0.2) is 0 Å². The maximum atomic E-state index is 12.2. The van der Waals surface area contributed by atoms with Crippen LogP contribution in [0, 0.1) is 0 Å². The summed E-state index contributed by atoms with van der Waals surface area (Å²) in [6.07, 6.45) is 2.46. The summed E-state index contributed by atoms with van der Waals surface area (Å²) in [5, 5.41) is 5.33. The maximum Gasteiger partial charge on any atom is 0.234 e. The number of hydrogen-bond acceptors (Lipinski definition) is 5. The molecule has 2 heterocycles. The fourth-order valence-electron chi connectivity index (χ4n) is 3.36. The van der Waals surface area contributed by atoms with Crippen molar-refractivity contribution in [2.75, 3.05) is 20.3 Å². The molecule has 0 aliphatic carbocycles. The van der Waals surface area contributed by atoms with Crippen LogP contribution in [-0.2, 0) is 14.3 Å². The number of amides is 2. The zero-order chi connectivity index (χ0) is 18.1. The number of furan rings is 1. The van der Waals surface area contributed by atoms with Crippen LogP contribution in [0.1, 0.15) is 24.3 Å². The third kappa shape index (κ3) is 3.04. The first kappa shape index (κ1) is 16.6. The van der Waals surface area contributed by atoms with E-state index in [0.717, 1.165) is 33.1 Å². The highest BCUT2D eigenvalue weighted by atomic mass is 16.5. The van der Waals surface area contributed by atoms with Crippen LogP contribution >= 0.6 is 0 Å². The summed E-state index contributed by atoms with van der Waals surface area (Å²) in [5.41, 5.74) is 1.54. The van der Waals surface area contributed by atoms with Crippen molar-refractivity contribution >= 4 is 33.6 Å². The average Bonchev–Trinajstić information content (AvgIpc) is 3.02. The molecule has 1 saturated heterocycles. The summed E-state index contributed by atoms with van der Waals surface area (Å²) in [4.78, 5) is 23.6. The largest absolute Gasteiger partial charge is 0.491 e. The highest BCUT2D eigenvalue weighted by Crippen LogP contribution is 2.35. The van der Waals surface area contributed by atoms with Crippen LogP contribution in [-0.4, -0.2) is 32.1 Å². The predicted octanol–water partition coefficient (Wildman–Crippen LogP) is 3.13. The molecule has 6 nitrogen and oxygen atoms in total. The molecule has 0 radical (unpaired) electrons. The van der Waals surface area contributed by atoms with E-state index < -0.39 is 0 Å². The molecule has 4 rings (SSSR count). The van der Waals surface area contributed by atoms with E-state index in [1.165, 1.54) is 0 Å². The van der Waals surface area contributed by atoms with Crippen LogP contribution in [0.15, 0.2) is 41.0 Å². The third-order valence-electron chi connectivity index (χ3n) is 4.70. The Morgan fingerprint density at radius 2 is 2.04 bits per heavy atom. The first-order chi connectivity index (χ1) is 12.7. The van der Waals surface area contributed by atoms with Crippen LogP contribution in [0.5, 0.6) is 5.75 Å². The summed E-state index contributed by atoms with van der Waals surface area (Å²) in [6.45, 7) is 1.01. The number of carbonyl (C=O) groups excluding carboxylic acids is 2. The Balaban J connectivity index is 1.71. The lowest BCUT2D eigenvalue weighted by Crippen LogP contribution is -2.39. The predicted molar refractivity (Wildman–Crippen MR) is 96.2 cm³/mol. The number of nitrogens with one attached hydrogen (secondary N) is 1. The highest BCUT2D eigenvalue weighted by molar-refractivity contribution is 6.04. The number of methoxy groups -OCH3 is 1. The van der Waals surface area contributed by atoms with E-state index in [2.05, 4.69) is 5.32 Å².